The van der Waals surface area contributed by atoms with Gasteiger partial charge in [0.15, 0.2) is 0 Å². The Kier molecular flexibility index (Phi) is 8.56. The number of ether oxygens (including phenoxy) is 1. The molecule has 0 spiro atoms. The second kappa shape index (κ2) is 12.8. The smallest absolute Gasteiger partial charge is 0.135 e. The summed E-state index contributed by atoms with van der Waals surface area (Å²) in [5.74, 6) is 1.76. The van der Waals surface area contributed by atoms with E-state index in [4.69, 9.17) is 9.72 Å². The third-order valence-corrected chi connectivity index (χ3v) is 9.17. The van der Waals surface area contributed by atoms with E-state index in [1.54, 1.807) is 6.20 Å². The molecule has 50 heavy (non-hydrogen) atoms. The molecule has 0 aliphatic carbocycles. The third kappa shape index (κ3) is 6.07. The first-order valence-corrected chi connectivity index (χ1v) is 16.7. The van der Waals surface area contributed by atoms with Crippen LogP contribution in [0.1, 0.15) is 52.7 Å². The van der Waals surface area contributed by atoms with Gasteiger partial charge in [0.1, 0.15) is 11.7 Å². The minimum atomic E-state index is -0.0118. The minimum absolute atomic E-state index is 0. The van der Waals surface area contributed by atoms with Gasteiger partial charge >= 0.3 is 0 Å². The maximum absolute atomic E-state index is 6.39. The molecule has 0 saturated heterocycles. The second-order valence-electron chi connectivity index (χ2n) is 14.6. The molecular weight excluding hydrogens is 798 g/mol. The van der Waals surface area contributed by atoms with E-state index < -0.39 is 0 Å². The van der Waals surface area contributed by atoms with Gasteiger partial charge in [-0.15, -0.1) is 24.2 Å². The molecule has 1 aliphatic heterocycles. The van der Waals surface area contributed by atoms with Gasteiger partial charge in [-0.3, -0.25) is 4.98 Å². The van der Waals surface area contributed by atoms with Crippen molar-refractivity contribution in [1.82, 2.24) is 14.5 Å². The fourth-order valence-electron chi connectivity index (χ4n) is 6.47. The molecule has 0 fully saturated rings. The van der Waals surface area contributed by atoms with Crippen LogP contribution in [0.25, 0.3) is 27.6 Å². The number of hydrogen-bond donors (Lipinski definition) is 0. The molecule has 4 aromatic carbocycles. The average molecular weight is 836 g/mol. The number of fused-ring (bicyclic) bond motifs is 4. The van der Waals surface area contributed by atoms with E-state index in [0.29, 0.717) is 11.6 Å². The summed E-state index contributed by atoms with van der Waals surface area (Å²) >= 11 is 0. The SMILES string of the molecule is CC(C)(C)c1ccc(N2[CH-]N(c3[c-]c(Oc4[c-]c5c(cc4)c4ccccc4n5-c4cc(C(C)(C)C)ccn4)ncc3)c3ccccc32)cc1.[Pt]. The summed E-state index contributed by atoms with van der Waals surface area (Å²) < 4.78 is 8.55. The molecule has 0 atom stereocenters. The Morgan fingerprint density at radius 3 is 2.06 bits per heavy atom. The Morgan fingerprint density at radius 1 is 0.640 bits per heavy atom. The van der Waals surface area contributed by atoms with Gasteiger partial charge in [-0.05, 0) is 76.0 Å². The molecule has 254 valence electrons. The predicted molar refractivity (Wildman–Crippen MR) is 199 cm³/mol. The Labute approximate surface area is 308 Å². The number of nitrogens with zero attached hydrogens (tertiary/aromatic N) is 5. The number of rotatable bonds is 5. The monoisotopic (exact) mass is 835 g/mol. The Morgan fingerprint density at radius 2 is 1.32 bits per heavy atom. The van der Waals surface area contributed by atoms with Gasteiger partial charge < -0.3 is 19.1 Å². The molecule has 0 unspecified atom stereocenters. The normalized spacial score (nSPS) is 13.1. The topological polar surface area (TPSA) is 46.4 Å². The van der Waals surface area contributed by atoms with Crippen LogP contribution in [-0.4, -0.2) is 14.5 Å². The number of hydrogen-bond acceptors (Lipinski definition) is 5. The van der Waals surface area contributed by atoms with Gasteiger partial charge in [0.2, 0.25) is 0 Å². The summed E-state index contributed by atoms with van der Waals surface area (Å²) in [5.41, 5.74) is 8.61. The van der Waals surface area contributed by atoms with Crippen molar-refractivity contribution in [2.45, 2.75) is 52.4 Å². The molecule has 3 aromatic heterocycles. The van der Waals surface area contributed by atoms with Crippen LogP contribution in [0, 0.1) is 18.8 Å². The zero-order valence-electron chi connectivity index (χ0n) is 29.0. The summed E-state index contributed by atoms with van der Waals surface area (Å²) in [6, 6.07) is 42.8. The van der Waals surface area contributed by atoms with Crippen LogP contribution < -0.4 is 14.5 Å². The van der Waals surface area contributed by atoms with Crippen molar-refractivity contribution < 1.29 is 25.8 Å². The van der Waals surface area contributed by atoms with E-state index in [1.807, 2.05) is 18.3 Å². The number of benzene rings is 4. The number of para-hydroxylation sites is 3. The van der Waals surface area contributed by atoms with Gasteiger partial charge in [0, 0.05) is 55.6 Å². The zero-order valence-corrected chi connectivity index (χ0v) is 31.3. The van der Waals surface area contributed by atoms with Crippen molar-refractivity contribution in [3.05, 3.63) is 145 Å². The summed E-state index contributed by atoms with van der Waals surface area (Å²) in [4.78, 5) is 13.7. The molecule has 0 saturated carbocycles. The van der Waals surface area contributed by atoms with E-state index in [1.165, 1.54) is 11.1 Å². The first kappa shape index (κ1) is 33.6. The number of pyridine rings is 2. The molecule has 1 aliphatic rings. The molecule has 7 aromatic rings. The van der Waals surface area contributed by atoms with Crippen LogP contribution >= 0.6 is 0 Å². The number of aromatic nitrogens is 3. The molecular formula is C43H38N5OPt-3. The van der Waals surface area contributed by atoms with E-state index in [2.05, 4.69) is 171 Å². The number of anilines is 4. The van der Waals surface area contributed by atoms with Crippen molar-refractivity contribution in [2.24, 2.45) is 0 Å². The van der Waals surface area contributed by atoms with Crippen molar-refractivity contribution in [2.75, 3.05) is 9.80 Å². The fraction of sp³-hybridized carbons (Fsp3) is 0.186. The Balaban J connectivity index is 0.00000392. The van der Waals surface area contributed by atoms with Crippen molar-refractivity contribution in [3.63, 3.8) is 0 Å². The maximum atomic E-state index is 6.39. The average Bonchev–Trinajstić information content (AvgIpc) is 3.64. The maximum Gasteiger partial charge on any atom is 0.135 e. The minimum Gasteiger partial charge on any atom is -0.503 e. The van der Waals surface area contributed by atoms with Gasteiger partial charge in [-0.25, -0.2) is 4.98 Å². The standard InChI is InChI=1S/C43H38N5O.Pt/c1-42(2,3)29-15-17-31(18-16-29)46-28-47(38-14-10-9-13-37(38)46)32-22-24-45-41(26-32)49-33-19-20-35-34-11-7-8-12-36(34)48(39(35)27-33)40-25-30(21-23-44-40)43(4,5)6;/h7-25,28H,1-6H3;/q-3;. The van der Waals surface area contributed by atoms with E-state index in [-0.39, 0.29) is 31.9 Å². The molecule has 7 heteroatoms. The van der Waals surface area contributed by atoms with Crippen LogP contribution in [0.2, 0.25) is 0 Å². The zero-order chi connectivity index (χ0) is 33.9. The van der Waals surface area contributed by atoms with E-state index in [9.17, 15) is 0 Å². The molecule has 6 nitrogen and oxygen atoms in total. The van der Waals surface area contributed by atoms with Gasteiger partial charge in [-0.1, -0.05) is 89.5 Å². The van der Waals surface area contributed by atoms with E-state index in [0.717, 1.165) is 50.4 Å². The largest absolute Gasteiger partial charge is 0.503 e. The Bertz CT molecular complexity index is 2330. The molecule has 0 amide bonds. The first-order valence-electron chi connectivity index (χ1n) is 16.7. The predicted octanol–water partition coefficient (Wildman–Crippen LogP) is 11.0. The molecule has 0 radical (unpaired) electrons. The summed E-state index contributed by atoms with van der Waals surface area (Å²) in [7, 11) is 0. The fourth-order valence-corrected chi connectivity index (χ4v) is 6.47. The van der Waals surface area contributed by atoms with Crippen molar-refractivity contribution in [1.29, 1.82) is 0 Å². The summed E-state index contributed by atoms with van der Waals surface area (Å²) in [6.45, 7) is 15.5. The second-order valence-corrected chi connectivity index (χ2v) is 14.6. The summed E-state index contributed by atoms with van der Waals surface area (Å²) in [5, 5.41) is 2.21. The summed E-state index contributed by atoms with van der Waals surface area (Å²) in [6.07, 6.45) is 3.65. The van der Waals surface area contributed by atoms with Crippen molar-refractivity contribution >= 4 is 44.6 Å². The first-order chi connectivity index (χ1) is 23.5. The molecule has 0 N–H and O–H groups in total. The van der Waals surface area contributed by atoms with Gasteiger partial charge in [0.25, 0.3) is 0 Å². The van der Waals surface area contributed by atoms with Crippen LogP contribution in [-0.2, 0) is 31.9 Å². The van der Waals surface area contributed by atoms with Crippen LogP contribution in [0.5, 0.6) is 11.6 Å². The van der Waals surface area contributed by atoms with Crippen LogP contribution in [0.3, 0.4) is 0 Å². The van der Waals surface area contributed by atoms with Gasteiger partial charge in [0.05, 0.1) is 0 Å². The van der Waals surface area contributed by atoms with Crippen molar-refractivity contribution in [3.8, 4) is 17.4 Å². The van der Waals surface area contributed by atoms with Gasteiger partial charge in [-0.2, -0.15) is 23.9 Å². The quantitative estimate of drug-likeness (QED) is 0.162. The Hall–Kier alpha value is -4.93. The molecule has 0 bridgehead atoms. The molecule has 8 rings (SSSR count). The van der Waals surface area contributed by atoms with Crippen LogP contribution in [0.4, 0.5) is 22.7 Å². The van der Waals surface area contributed by atoms with E-state index >= 15 is 0 Å². The third-order valence-electron chi connectivity index (χ3n) is 9.17. The molecule has 4 heterocycles. The van der Waals surface area contributed by atoms with Crippen LogP contribution in [0.15, 0.2) is 116 Å².